The van der Waals surface area contributed by atoms with E-state index in [-0.39, 0.29) is 17.5 Å². The molecule has 1 aromatic carbocycles. The van der Waals surface area contributed by atoms with Gasteiger partial charge in [0, 0.05) is 7.05 Å². The Balaban J connectivity index is 2.16. The van der Waals surface area contributed by atoms with Gasteiger partial charge in [0.1, 0.15) is 11.6 Å². The SMILES string of the molecule is CN1C(=O)C(C(C)(C)OC(=O)c2ccccc2)NC1C(C)(C)C. The molecule has 1 saturated heterocycles. The fourth-order valence-corrected chi connectivity index (χ4v) is 2.93. The Kier molecular flexibility index (Phi) is 4.53. The van der Waals surface area contributed by atoms with Gasteiger partial charge in [0.25, 0.3) is 0 Å². The van der Waals surface area contributed by atoms with Crippen LogP contribution >= 0.6 is 0 Å². The molecule has 2 rings (SSSR count). The maximum absolute atomic E-state index is 12.6. The fraction of sp³-hybridized carbons (Fsp3) is 0.556. The summed E-state index contributed by atoms with van der Waals surface area (Å²) in [6.07, 6.45) is -0.102. The zero-order chi connectivity index (χ0) is 17.4. The maximum atomic E-state index is 12.6. The first-order valence-electron chi connectivity index (χ1n) is 7.85. The van der Waals surface area contributed by atoms with Crippen LogP contribution in [0.5, 0.6) is 0 Å². The molecule has 1 aromatic rings. The molecule has 1 N–H and O–H groups in total. The number of benzene rings is 1. The number of amides is 1. The van der Waals surface area contributed by atoms with Gasteiger partial charge in [0.2, 0.25) is 5.91 Å². The molecule has 23 heavy (non-hydrogen) atoms. The Morgan fingerprint density at radius 2 is 1.70 bits per heavy atom. The average Bonchev–Trinajstić information content (AvgIpc) is 2.76. The zero-order valence-electron chi connectivity index (χ0n) is 14.7. The van der Waals surface area contributed by atoms with Crippen molar-refractivity contribution in [2.24, 2.45) is 5.41 Å². The highest BCUT2D eigenvalue weighted by atomic mass is 16.6. The van der Waals surface area contributed by atoms with Gasteiger partial charge in [-0.05, 0) is 31.4 Å². The van der Waals surface area contributed by atoms with Crippen molar-refractivity contribution in [3.8, 4) is 0 Å². The van der Waals surface area contributed by atoms with Crippen molar-refractivity contribution in [2.45, 2.75) is 52.4 Å². The summed E-state index contributed by atoms with van der Waals surface area (Å²) in [5.74, 6) is -0.483. The number of ether oxygens (including phenoxy) is 1. The van der Waals surface area contributed by atoms with Crippen molar-refractivity contribution in [1.29, 1.82) is 0 Å². The third-order valence-electron chi connectivity index (χ3n) is 4.19. The number of hydrogen-bond donors (Lipinski definition) is 1. The van der Waals surface area contributed by atoms with Gasteiger partial charge in [-0.1, -0.05) is 39.0 Å². The molecule has 0 bridgehead atoms. The number of carbonyl (C=O) groups excluding carboxylic acids is 2. The summed E-state index contributed by atoms with van der Waals surface area (Å²) in [5, 5.41) is 3.33. The smallest absolute Gasteiger partial charge is 0.338 e. The van der Waals surface area contributed by atoms with E-state index in [1.165, 1.54) is 0 Å². The normalized spacial score (nSPS) is 22.3. The molecule has 0 saturated carbocycles. The molecular weight excluding hydrogens is 292 g/mol. The van der Waals surface area contributed by atoms with Gasteiger partial charge < -0.3 is 9.64 Å². The first-order valence-corrected chi connectivity index (χ1v) is 7.85. The molecular formula is C18H26N2O3. The van der Waals surface area contributed by atoms with Crippen molar-refractivity contribution >= 4 is 11.9 Å². The number of hydrogen-bond acceptors (Lipinski definition) is 4. The Labute approximate surface area is 138 Å². The molecule has 0 aromatic heterocycles. The van der Waals surface area contributed by atoms with Gasteiger partial charge in [0.05, 0.1) is 11.7 Å². The molecule has 1 heterocycles. The lowest BCUT2D eigenvalue weighted by Gasteiger charge is -2.33. The van der Waals surface area contributed by atoms with Crippen LogP contribution in [-0.4, -0.2) is 41.6 Å². The Hall–Kier alpha value is -1.88. The molecule has 126 valence electrons. The van der Waals surface area contributed by atoms with E-state index < -0.39 is 17.6 Å². The number of nitrogens with one attached hydrogen (secondary N) is 1. The molecule has 1 aliphatic rings. The minimum atomic E-state index is -0.946. The van der Waals surface area contributed by atoms with Crippen molar-refractivity contribution in [2.75, 3.05) is 7.05 Å². The highest BCUT2D eigenvalue weighted by molar-refractivity contribution is 5.91. The number of likely N-dealkylation sites (N-methyl/N-ethyl adjacent to an activating group) is 1. The van der Waals surface area contributed by atoms with Gasteiger partial charge >= 0.3 is 5.97 Å². The van der Waals surface area contributed by atoms with Gasteiger partial charge in [-0.3, -0.25) is 10.1 Å². The second-order valence-corrected chi connectivity index (χ2v) is 7.68. The van der Waals surface area contributed by atoms with E-state index in [0.717, 1.165) is 0 Å². The lowest BCUT2D eigenvalue weighted by molar-refractivity contribution is -0.133. The van der Waals surface area contributed by atoms with Crippen LogP contribution in [0.15, 0.2) is 30.3 Å². The number of esters is 1. The molecule has 0 radical (unpaired) electrons. The largest absolute Gasteiger partial charge is 0.454 e. The second kappa shape index (κ2) is 5.96. The molecule has 1 fully saturated rings. The molecule has 1 amide bonds. The molecule has 2 atom stereocenters. The third-order valence-corrected chi connectivity index (χ3v) is 4.19. The summed E-state index contributed by atoms with van der Waals surface area (Å²) in [7, 11) is 1.78. The molecule has 0 spiro atoms. The summed E-state index contributed by atoms with van der Waals surface area (Å²) in [5.41, 5.74) is -0.580. The van der Waals surface area contributed by atoms with Crippen LogP contribution in [0.4, 0.5) is 0 Å². The van der Waals surface area contributed by atoms with E-state index in [2.05, 4.69) is 26.1 Å². The molecule has 2 unspecified atom stereocenters. The standard InChI is InChI=1S/C18H26N2O3/c1-17(2,3)16-19-13(14(21)20(16)6)18(4,5)23-15(22)12-10-8-7-9-11-12/h7-11,13,16,19H,1-6H3. The van der Waals surface area contributed by atoms with Crippen molar-refractivity contribution in [1.82, 2.24) is 10.2 Å². The summed E-state index contributed by atoms with van der Waals surface area (Å²) in [4.78, 5) is 26.6. The predicted molar refractivity (Wildman–Crippen MR) is 88.9 cm³/mol. The van der Waals surface area contributed by atoms with Crippen LogP contribution in [0.2, 0.25) is 0 Å². The predicted octanol–water partition coefficient (Wildman–Crippen LogP) is 2.42. The molecule has 1 aliphatic heterocycles. The van der Waals surface area contributed by atoms with Crippen LogP contribution in [0, 0.1) is 5.41 Å². The highest BCUT2D eigenvalue weighted by Crippen LogP contribution is 2.31. The van der Waals surface area contributed by atoms with Crippen LogP contribution in [0.25, 0.3) is 0 Å². The van der Waals surface area contributed by atoms with Gasteiger partial charge in [-0.15, -0.1) is 0 Å². The van der Waals surface area contributed by atoms with Gasteiger partial charge in [-0.2, -0.15) is 0 Å². The van der Waals surface area contributed by atoms with Crippen LogP contribution in [0.3, 0.4) is 0 Å². The minimum absolute atomic E-state index is 0.0595. The van der Waals surface area contributed by atoms with Crippen LogP contribution in [-0.2, 0) is 9.53 Å². The van der Waals surface area contributed by atoms with E-state index in [1.54, 1.807) is 50.1 Å². The first kappa shape index (κ1) is 17.5. The summed E-state index contributed by atoms with van der Waals surface area (Å²) in [6.45, 7) is 9.74. The zero-order valence-corrected chi connectivity index (χ0v) is 14.7. The van der Waals surface area contributed by atoms with Crippen molar-refractivity contribution in [3.63, 3.8) is 0 Å². The highest BCUT2D eigenvalue weighted by Gasteiger charge is 2.50. The number of carbonyl (C=O) groups is 2. The second-order valence-electron chi connectivity index (χ2n) is 7.68. The number of rotatable bonds is 3. The van der Waals surface area contributed by atoms with E-state index in [0.29, 0.717) is 5.56 Å². The minimum Gasteiger partial charge on any atom is -0.454 e. The van der Waals surface area contributed by atoms with E-state index in [9.17, 15) is 9.59 Å². The fourth-order valence-electron chi connectivity index (χ4n) is 2.93. The van der Waals surface area contributed by atoms with Gasteiger partial charge in [0.15, 0.2) is 0 Å². The molecule has 5 heteroatoms. The Bertz CT molecular complexity index is 590. The van der Waals surface area contributed by atoms with Crippen molar-refractivity contribution in [3.05, 3.63) is 35.9 Å². The summed E-state index contributed by atoms with van der Waals surface area (Å²) >= 11 is 0. The third kappa shape index (κ3) is 3.55. The van der Waals surface area contributed by atoms with E-state index in [1.807, 2.05) is 6.07 Å². The van der Waals surface area contributed by atoms with E-state index in [4.69, 9.17) is 4.74 Å². The van der Waals surface area contributed by atoms with Crippen LogP contribution < -0.4 is 5.32 Å². The number of nitrogens with zero attached hydrogens (tertiary/aromatic N) is 1. The Morgan fingerprint density at radius 1 is 1.13 bits per heavy atom. The lowest BCUT2D eigenvalue weighted by Crippen LogP contribution is -2.52. The maximum Gasteiger partial charge on any atom is 0.338 e. The topological polar surface area (TPSA) is 58.6 Å². The summed E-state index contributed by atoms with van der Waals surface area (Å²) in [6, 6.07) is 8.24. The monoisotopic (exact) mass is 318 g/mol. The van der Waals surface area contributed by atoms with Crippen LogP contribution in [0.1, 0.15) is 45.0 Å². The average molecular weight is 318 g/mol. The summed E-state index contributed by atoms with van der Waals surface area (Å²) < 4.78 is 5.64. The van der Waals surface area contributed by atoms with E-state index >= 15 is 0 Å². The molecule has 0 aliphatic carbocycles. The Morgan fingerprint density at radius 3 is 2.17 bits per heavy atom. The molecule has 5 nitrogen and oxygen atoms in total. The van der Waals surface area contributed by atoms with Gasteiger partial charge in [-0.25, -0.2) is 4.79 Å². The first-order chi connectivity index (χ1) is 10.5. The lowest BCUT2D eigenvalue weighted by atomic mass is 9.92. The van der Waals surface area contributed by atoms with Crippen molar-refractivity contribution < 1.29 is 14.3 Å². The quantitative estimate of drug-likeness (QED) is 0.870.